The van der Waals surface area contributed by atoms with E-state index in [1.54, 1.807) is 0 Å². The molecule has 0 aliphatic carbocycles. The van der Waals surface area contributed by atoms with Crippen molar-refractivity contribution in [1.82, 2.24) is 5.32 Å². The molecule has 0 saturated heterocycles. The van der Waals surface area contributed by atoms with E-state index in [0.29, 0.717) is 6.04 Å². The quantitative estimate of drug-likeness (QED) is 0.818. The number of hydrogen-bond donors (Lipinski definition) is 1. The van der Waals surface area contributed by atoms with Crippen LogP contribution in [-0.4, -0.2) is 7.05 Å². The predicted octanol–water partition coefficient (Wildman–Crippen LogP) is 4.10. The van der Waals surface area contributed by atoms with Gasteiger partial charge in [0, 0.05) is 9.61 Å². The number of rotatable bonds is 4. The minimum absolute atomic E-state index is 0.380. The Bertz CT molecular complexity index is 505. The van der Waals surface area contributed by atoms with Crippen LogP contribution in [0.1, 0.15) is 22.7 Å². The van der Waals surface area contributed by atoms with Crippen LogP contribution < -0.4 is 5.32 Å². The summed E-state index contributed by atoms with van der Waals surface area (Å²) in [6.45, 7) is 2.14. The van der Waals surface area contributed by atoms with E-state index >= 15 is 0 Å². The lowest BCUT2D eigenvalue weighted by molar-refractivity contribution is 0.591. The lowest BCUT2D eigenvalue weighted by atomic mass is 9.98. The monoisotopic (exact) mass is 351 g/mol. The van der Waals surface area contributed by atoms with E-state index in [2.05, 4.69) is 83.4 Å². The third-order valence-electron chi connectivity index (χ3n) is 3.15. The summed E-state index contributed by atoms with van der Waals surface area (Å²) in [5, 5.41) is 3.41. The second-order valence-corrected chi connectivity index (χ2v) is 5.83. The Morgan fingerprint density at radius 1 is 1.11 bits per heavy atom. The van der Waals surface area contributed by atoms with Gasteiger partial charge in [0.2, 0.25) is 0 Å². The average molecular weight is 351 g/mol. The molecule has 0 aliphatic heterocycles. The lowest BCUT2D eigenvalue weighted by Gasteiger charge is -2.17. The van der Waals surface area contributed by atoms with Gasteiger partial charge in [0.1, 0.15) is 0 Å². The van der Waals surface area contributed by atoms with Gasteiger partial charge in [-0.15, -0.1) is 0 Å². The number of aryl methyl sites for hydroxylation is 1. The van der Waals surface area contributed by atoms with Gasteiger partial charge in [0.15, 0.2) is 0 Å². The van der Waals surface area contributed by atoms with Crippen LogP contribution in [0.3, 0.4) is 0 Å². The third-order valence-corrected chi connectivity index (χ3v) is 3.87. The van der Waals surface area contributed by atoms with Crippen LogP contribution in [0.5, 0.6) is 0 Å². The van der Waals surface area contributed by atoms with Crippen molar-refractivity contribution < 1.29 is 0 Å². The summed E-state index contributed by atoms with van der Waals surface area (Å²) in [5.41, 5.74) is 4.04. The molecule has 1 unspecified atom stereocenters. The summed E-state index contributed by atoms with van der Waals surface area (Å²) in [5.74, 6) is 0. The molecule has 0 fully saturated rings. The zero-order chi connectivity index (χ0) is 13.0. The molecular formula is C16H18IN. The highest BCUT2D eigenvalue weighted by Crippen LogP contribution is 2.19. The zero-order valence-corrected chi connectivity index (χ0v) is 12.9. The smallest absolute Gasteiger partial charge is 0.0358 e. The van der Waals surface area contributed by atoms with Crippen LogP contribution in [0.15, 0.2) is 48.5 Å². The minimum atomic E-state index is 0.380. The highest BCUT2D eigenvalue weighted by Gasteiger charge is 2.09. The van der Waals surface area contributed by atoms with Gasteiger partial charge >= 0.3 is 0 Å². The van der Waals surface area contributed by atoms with Crippen molar-refractivity contribution in [3.05, 3.63) is 68.8 Å². The maximum atomic E-state index is 3.41. The first kappa shape index (κ1) is 13.6. The van der Waals surface area contributed by atoms with Crippen molar-refractivity contribution in [3.8, 4) is 0 Å². The molecule has 18 heavy (non-hydrogen) atoms. The normalized spacial score (nSPS) is 12.4. The van der Waals surface area contributed by atoms with E-state index in [-0.39, 0.29) is 0 Å². The second kappa shape index (κ2) is 6.34. The molecule has 0 aliphatic rings. The largest absolute Gasteiger partial charge is 0.313 e. The van der Waals surface area contributed by atoms with E-state index in [4.69, 9.17) is 0 Å². The molecule has 0 radical (unpaired) electrons. The van der Waals surface area contributed by atoms with Crippen molar-refractivity contribution in [2.75, 3.05) is 7.05 Å². The van der Waals surface area contributed by atoms with Gasteiger partial charge in [-0.1, -0.05) is 42.0 Å². The van der Waals surface area contributed by atoms with Crippen LogP contribution in [0.4, 0.5) is 0 Å². The number of halogens is 1. The Balaban J connectivity index is 2.17. The molecule has 1 N–H and O–H groups in total. The Morgan fingerprint density at radius 2 is 1.83 bits per heavy atom. The number of hydrogen-bond acceptors (Lipinski definition) is 1. The molecule has 0 bridgehead atoms. The SMILES string of the molecule is CNC(Cc1ccc(I)cc1)c1cccc(C)c1. The van der Waals surface area contributed by atoms with Gasteiger partial charge in [-0.25, -0.2) is 0 Å². The van der Waals surface area contributed by atoms with Crippen molar-refractivity contribution >= 4 is 22.6 Å². The Hall–Kier alpha value is -0.870. The highest BCUT2D eigenvalue weighted by atomic mass is 127. The minimum Gasteiger partial charge on any atom is -0.313 e. The standard InChI is InChI=1S/C16H18IN/c1-12-4-3-5-14(10-12)16(18-2)11-13-6-8-15(17)9-7-13/h3-10,16,18H,11H2,1-2H3. The van der Waals surface area contributed by atoms with Gasteiger partial charge in [-0.3, -0.25) is 0 Å². The first-order valence-corrected chi connectivity index (χ1v) is 7.25. The van der Waals surface area contributed by atoms with E-state index in [9.17, 15) is 0 Å². The van der Waals surface area contributed by atoms with Crippen molar-refractivity contribution in [3.63, 3.8) is 0 Å². The van der Waals surface area contributed by atoms with Gasteiger partial charge in [0.25, 0.3) is 0 Å². The molecule has 2 heteroatoms. The third kappa shape index (κ3) is 3.56. The summed E-state index contributed by atoms with van der Waals surface area (Å²) >= 11 is 2.34. The maximum absolute atomic E-state index is 3.41. The molecule has 0 aromatic heterocycles. The molecule has 2 aromatic carbocycles. The van der Waals surface area contributed by atoms with Gasteiger partial charge < -0.3 is 5.32 Å². The fourth-order valence-electron chi connectivity index (χ4n) is 2.13. The average Bonchev–Trinajstić information content (AvgIpc) is 2.38. The summed E-state index contributed by atoms with van der Waals surface area (Å²) in [6, 6.07) is 17.9. The highest BCUT2D eigenvalue weighted by molar-refractivity contribution is 14.1. The molecule has 2 rings (SSSR count). The molecule has 2 aromatic rings. The van der Waals surface area contributed by atoms with Gasteiger partial charge in [-0.2, -0.15) is 0 Å². The fraction of sp³-hybridized carbons (Fsp3) is 0.250. The molecule has 0 amide bonds. The van der Waals surface area contributed by atoms with Crippen LogP contribution in [0.2, 0.25) is 0 Å². The molecule has 0 spiro atoms. The maximum Gasteiger partial charge on any atom is 0.0358 e. The summed E-state index contributed by atoms with van der Waals surface area (Å²) in [6.07, 6.45) is 1.02. The van der Waals surface area contributed by atoms with Crippen molar-refractivity contribution in [1.29, 1.82) is 0 Å². The van der Waals surface area contributed by atoms with Crippen molar-refractivity contribution in [2.45, 2.75) is 19.4 Å². The Labute approximate surface area is 123 Å². The van der Waals surface area contributed by atoms with E-state index < -0.39 is 0 Å². The molecule has 1 nitrogen and oxygen atoms in total. The summed E-state index contributed by atoms with van der Waals surface area (Å²) in [7, 11) is 2.03. The first-order chi connectivity index (χ1) is 8.69. The Kier molecular flexibility index (Phi) is 4.78. The van der Waals surface area contributed by atoms with Crippen LogP contribution in [0.25, 0.3) is 0 Å². The van der Waals surface area contributed by atoms with E-state index in [0.717, 1.165) is 6.42 Å². The van der Waals surface area contributed by atoms with Gasteiger partial charge in [0.05, 0.1) is 0 Å². The second-order valence-electron chi connectivity index (χ2n) is 4.59. The number of likely N-dealkylation sites (N-methyl/N-ethyl adjacent to an activating group) is 1. The van der Waals surface area contributed by atoms with Crippen LogP contribution in [-0.2, 0) is 6.42 Å². The summed E-state index contributed by atoms with van der Waals surface area (Å²) < 4.78 is 1.29. The van der Waals surface area contributed by atoms with E-state index in [1.807, 2.05) is 7.05 Å². The molecule has 0 heterocycles. The molecular weight excluding hydrogens is 333 g/mol. The number of benzene rings is 2. The Morgan fingerprint density at radius 3 is 2.44 bits per heavy atom. The molecule has 1 atom stereocenters. The fourth-order valence-corrected chi connectivity index (χ4v) is 2.49. The topological polar surface area (TPSA) is 12.0 Å². The molecule has 94 valence electrons. The zero-order valence-electron chi connectivity index (χ0n) is 10.8. The predicted molar refractivity (Wildman–Crippen MR) is 85.8 cm³/mol. The van der Waals surface area contributed by atoms with E-state index in [1.165, 1.54) is 20.3 Å². The lowest BCUT2D eigenvalue weighted by Crippen LogP contribution is -2.18. The summed E-state index contributed by atoms with van der Waals surface area (Å²) in [4.78, 5) is 0. The van der Waals surface area contributed by atoms with Crippen molar-refractivity contribution in [2.24, 2.45) is 0 Å². The number of nitrogens with one attached hydrogen (secondary N) is 1. The van der Waals surface area contributed by atoms with Crippen LogP contribution >= 0.6 is 22.6 Å². The first-order valence-electron chi connectivity index (χ1n) is 6.17. The molecule has 0 saturated carbocycles. The van der Waals surface area contributed by atoms with Crippen LogP contribution in [0, 0.1) is 10.5 Å². The van der Waals surface area contributed by atoms with Gasteiger partial charge in [-0.05, 0) is 66.2 Å².